The van der Waals surface area contributed by atoms with Gasteiger partial charge in [-0.05, 0) is 19.4 Å². The molecule has 0 radical (unpaired) electrons. The summed E-state index contributed by atoms with van der Waals surface area (Å²) in [6.45, 7) is 3.01. The van der Waals surface area contributed by atoms with Gasteiger partial charge >= 0.3 is 0 Å². The smallest absolute Gasteiger partial charge is 0.103 e. The average molecular weight is 148 g/mol. The Hall–Kier alpha value is -0.980. The second-order valence-electron chi connectivity index (χ2n) is 3.08. The normalized spacial score (nSPS) is 28.3. The molecular weight excluding hydrogens is 136 g/mol. The second-order valence-corrected chi connectivity index (χ2v) is 3.08. The molecule has 11 heavy (non-hydrogen) atoms. The molecule has 0 spiro atoms. The summed E-state index contributed by atoms with van der Waals surface area (Å²) >= 11 is 0. The molecule has 1 aliphatic carbocycles. The zero-order valence-corrected chi connectivity index (χ0v) is 6.71. The van der Waals surface area contributed by atoms with Gasteiger partial charge in [0.15, 0.2) is 0 Å². The van der Waals surface area contributed by atoms with E-state index in [4.69, 9.17) is 4.74 Å². The number of rotatable bonds is 0. The number of fused-ring (bicyclic) bond motifs is 1. The van der Waals surface area contributed by atoms with E-state index in [0.29, 0.717) is 5.92 Å². The van der Waals surface area contributed by atoms with Crippen LogP contribution < -0.4 is 0 Å². The summed E-state index contributed by atoms with van der Waals surface area (Å²) in [6, 6.07) is 0. The largest absolute Gasteiger partial charge is 0.497 e. The summed E-state index contributed by atoms with van der Waals surface area (Å²) in [6.07, 6.45) is 9.68. The molecular formula is C10H12O. The fraction of sp³-hybridized carbons (Fsp3) is 0.400. The third-order valence-electron chi connectivity index (χ3n) is 2.15. The Morgan fingerprint density at radius 2 is 2.45 bits per heavy atom. The highest BCUT2D eigenvalue weighted by Gasteiger charge is 2.20. The molecule has 1 unspecified atom stereocenters. The van der Waals surface area contributed by atoms with Crippen LogP contribution in [0.5, 0.6) is 0 Å². The van der Waals surface area contributed by atoms with Crippen molar-refractivity contribution in [2.75, 3.05) is 6.61 Å². The van der Waals surface area contributed by atoms with Crippen LogP contribution in [0, 0.1) is 5.92 Å². The van der Waals surface area contributed by atoms with Crippen LogP contribution in [-0.2, 0) is 4.74 Å². The number of ether oxygens (including phenoxy) is 1. The molecule has 1 heteroatoms. The van der Waals surface area contributed by atoms with E-state index in [0.717, 1.165) is 18.8 Å². The molecule has 0 aromatic rings. The minimum Gasteiger partial charge on any atom is -0.497 e. The van der Waals surface area contributed by atoms with E-state index in [2.05, 4.69) is 31.2 Å². The van der Waals surface area contributed by atoms with E-state index in [1.807, 2.05) is 0 Å². The monoisotopic (exact) mass is 148 g/mol. The summed E-state index contributed by atoms with van der Waals surface area (Å²) in [7, 11) is 0. The number of hydrogen-bond acceptors (Lipinski definition) is 1. The Balaban J connectivity index is 2.31. The van der Waals surface area contributed by atoms with Gasteiger partial charge in [-0.25, -0.2) is 0 Å². The Labute approximate surface area is 67.1 Å². The molecule has 0 amide bonds. The molecule has 1 atom stereocenters. The molecule has 1 saturated heterocycles. The SMILES string of the molecule is CC1=CC2CCOC2=CC=C1. The fourth-order valence-corrected chi connectivity index (χ4v) is 1.56. The van der Waals surface area contributed by atoms with Crippen molar-refractivity contribution in [3.05, 3.63) is 35.6 Å². The lowest BCUT2D eigenvalue weighted by Gasteiger charge is -2.01. The minimum atomic E-state index is 0.546. The zero-order valence-electron chi connectivity index (χ0n) is 6.71. The summed E-state index contributed by atoms with van der Waals surface area (Å²) in [5, 5.41) is 0. The van der Waals surface area contributed by atoms with E-state index >= 15 is 0 Å². The van der Waals surface area contributed by atoms with E-state index in [1.54, 1.807) is 0 Å². The fourth-order valence-electron chi connectivity index (χ4n) is 1.56. The van der Waals surface area contributed by atoms with Gasteiger partial charge in [-0.15, -0.1) is 0 Å². The predicted molar refractivity (Wildman–Crippen MR) is 45.0 cm³/mol. The van der Waals surface area contributed by atoms with Crippen LogP contribution >= 0.6 is 0 Å². The van der Waals surface area contributed by atoms with Gasteiger partial charge in [0.2, 0.25) is 0 Å². The lowest BCUT2D eigenvalue weighted by atomic mass is 10.0. The van der Waals surface area contributed by atoms with E-state index < -0.39 is 0 Å². The van der Waals surface area contributed by atoms with Gasteiger partial charge in [0.1, 0.15) is 5.76 Å². The first-order valence-corrected chi connectivity index (χ1v) is 4.06. The van der Waals surface area contributed by atoms with Crippen molar-refractivity contribution in [2.24, 2.45) is 5.92 Å². The van der Waals surface area contributed by atoms with Gasteiger partial charge in [-0.3, -0.25) is 0 Å². The quantitative estimate of drug-likeness (QED) is 0.512. The third-order valence-corrected chi connectivity index (χ3v) is 2.15. The maximum atomic E-state index is 5.45. The van der Waals surface area contributed by atoms with Crippen molar-refractivity contribution in [1.82, 2.24) is 0 Å². The molecule has 1 heterocycles. The maximum absolute atomic E-state index is 5.45. The topological polar surface area (TPSA) is 9.23 Å². The minimum absolute atomic E-state index is 0.546. The van der Waals surface area contributed by atoms with Crippen molar-refractivity contribution in [2.45, 2.75) is 13.3 Å². The van der Waals surface area contributed by atoms with Gasteiger partial charge in [-0.2, -0.15) is 0 Å². The van der Waals surface area contributed by atoms with Crippen LogP contribution in [0.2, 0.25) is 0 Å². The molecule has 2 aliphatic rings. The van der Waals surface area contributed by atoms with Crippen LogP contribution in [0.15, 0.2) is 35.6 Å². The van der Waals surface area contributed by atoms with E-state index in [1.165, 1.54) is 5.57 Å². The maximum Gasteiger partial charge on any atom is 0.103 e. The second kappa shape index (κ2) is 2.57. The van der Waals surface area contributed by atoms with E-state index in [9.17, 15) is 0 Å². The predicted octanol–water partition coefficient (Wildman–Crippen LogP) is 2.42. The van der Waals surface area contributed by atoms with Crippen LogP contribution in [0.4, 0.5) is 0 Å². The summed E-state index contributed by atoms with van der Waals surface area (Å²) < 4.78 is 5.45. The van der Waals surface area contributed by atoms with Gasteiger partial charge in [0, 0.05) is 5.92 Å². The Morgan fingerprint density at radius 3 is 3.36 bits per heavy atom. The molecule has 58 valence electrons. The molecule has 0 bridgehead atoms. The third kappa shape index (κ3) is 1.23. The molecule has 2 rings (SSSR count). The lowest BCUT2D eigenvalue weighted by Crippen LogP contribution is -1.91. The Kier molecular flexibility index (Phi) is 1.57. The molecule has 0 N–H and O–H groups in total. The van der Waals surface area contributed by atoms with Crippen molar-refractivity contribution in [1.29, 1.82) is 0 Å². The molecule has 1 fully saturated rings. The van der Waals surface area contributed by atoms with E-state index in [-0.39, 0.29) is 0 Å². The van der Waals surface area contributed by atoms with Gasteiger partial charge < -0.3 is 4.74 Å². The highest BCUT2D eigenvalue weighted by atomic mass is 16.5. The van der Waals surface area contributed by atoms with Gasteiger partial charge in [-0.1, -0.05) is 23.8 Å². The first kappa shape index (κ1) is 6.71. The van der Waals surface area contributed by atoms with Gasteiger partial charge in [0.25, 0.3) is 0 Å². The zero-order chi connectivity index (χ0) is 7.68. The van der Waals surface area contributed by atoms with Crippen LogP contribution in [0.25, 0.3) is 0 Å². The Bertz CT molecular complexity index is 246. The summed E-state index contributed by atoms with van der Waals surface area (Å²) in [4.78, 5) is 0. The highest BCUT2D eigenvalue weighted by Crippen LogP contribution is 2.28. The first-order chi connectivity index (χ1) is 5.36. The van der Waals surface area contributed by atoms with Crippen molar-refractivity contribution < 1.29 is 4.74 Å². The molecule has 1 nitrogen and oxygen atoms in total. The average Bonchev–Trinajstić information content (AvgIpc) is 2.31. The molecule has 0 aromatic carbocycles. The highest BCUT2D eigenvalue weighted by molar-refractivity contribution is 5.30. The van der Waals surface area contributed by atoms with Gasteiger partial charge in [0.05, 0.1) is 6.61 Å². The van der Waals surface area contributed by atoms with Crippen LogP contribution in [0.1, 0.15) is 13.3 Å². The van der Waals surface area contributed by atoms with Crippen molar-refractivity contribution >= 4 is 0 Å². The summed E-state index contributed by atoms with van der Waals surface area (Å²) in [5.41, 5.74) is 1.34. The first-order valence-electron chi connectivity index (χ1n) is 4.06. The van der Waals surface area contributed by atoms with Crippen molar-refractivity contribution in [3.8, 4) is 0 Å². The van der Waals surface area contributed by atoms with Crippen molar-refractivity contribution in [3.63, 3.8) is 0 Å². The van der Waals surface area contributed by atoms with Crippen LogP contribution in [-0.4, -0.2) is 6.61 Å². The lowest BCUT2D eigenvalue weighted by molar-refractivity contribution is 0.261. The number of hydrogen-bond donors (Lipinski definition) is 0. The summed E-state index contributed by atoms with van der Waals surface area (Å²) in [5.74, 6) is 1.68. The molecule has 1 aliphatic heterocycles. The standard InChI is InChI=1S/C10H12O/c1-8-3-2-4-10-9(7-8)5-6-11-10/h2-4,7,9H,5-6H2,1H3. The molecule has 0 saturated carbocycles. The van der Waals surface area contributed by atoms with Crippen LogP contribution in [0.3, 0.4) is 0 Å². The molecule has 0 aromatic heterocycles. The Morgan fingerprint density at radius 1 is 1.55 bits per heavy atom. The number of allylic oxidation sites excluding steroid dienone is 5.